The first-order chi connectivity index (χ1) is 8.48. The van der Waals surface area contributed by atoms with Gasteiger partial charge in [0.25, 0.3) is 0 Å². The molecular weight excluding hydrogens is 248 g/mol. The minimum Gasteiger partial charge on any atom is -0.465 e. The van der Waals surface area contributed by atoms with E-state index in [-0.39, 0.29) is 0 Å². The highest BCUT2D eigenvalue weighted by atomic mass is 16.4. The summed E-state index contributed by atoms with van der Waals surface area (Å²) in [5.74, 6) is 0.900. The Balaban J connectivity index is -0.000000264. The molecule has 19 heavy (non-hydrogen) atoms. The van der Waals surface area contributed by atoms with Crippen LogP contribution in [-0.2, 0) is 0 Å². The lowest BCUT2D eigenvalue weighted by atomic mass is 9.79. The number of carbonyl (C=O) groups is 2. The van der Waals surface area contributed by atoms with Gasteiger partial charge in [0.05, 0.1) is 0 Å². The number of primary amides is 2. The maximum absolute atomic E-state index is 8.78. The van der Waals surface area contributed by atoms with Crippen molar-refractivity contribution < 1.29 is 19.8 Å². The maximum Gasteiger partial charge on any atom is 0.402 e. The van der Waals surface area contributed by atoms with Crippen molar-refractivity contribution in [2.45, 2.75) is 60.3 Å². The summed E-state index contributed by atoms with van der Waals surface area (Å²) < 4.78 is 0. The molecule has 0 radical (unpaired) electrons. The third-order valence-electron chi connectivity index (χ3n) is 2.52. The molecule has 0 aromatic heterocycles. The molecule has 0 saturated heterocycles. The van der Waals surface area contributed by atoms with Crippen LogP contribution in [-0.4, -0.2) is 22.4 Å². The Bertz CT molecular complexity index is 223. The van der Waals surface area contributed by atoms with Gasteiger partial charge in [0, 0.05) is 0 Å². The first-order valence-corrected chi connectivity index (χ1v) is 6.45. The van der Waals surface area contributed by atoms with Crippen molar-refractivity contribution in [2.75, 3.05) is 0 Å². The standard InChI is InChI=1S/C11H24.2CH3NO2/c1-6-8-11(4,5)9-10(3)7-2;2*2-1(3)4/h10H,6-9H2,1-5H3;2*2H2,(H,3,4). The van der Waals surface area contributed by atoms with E-state index in [1.54, 1.807) is 0 Å². The lowest BCUT2D eigenvalue weighted by Crippen LogP contribution is -2.14. The molecular formula is C13H30N2O4. The van der Waals surface area contributed by atoms with Crippen molar-refractivity contribution in [1.29, 1.82) is 0 Å². The van der Waals surface area contributed by atoms with Crippen molar-refractivity contribution in [3.63, 3.8) is 0 Å². The van der Waals surface area contributed by atoms with Crippen LogP contribution in [0.25, 0.3) is 0 Å². The van der Waals surface area contributed by atoms with Crippen LogP contribution in [0, 0.1) is 11.3 Å². The Hall–Kier alpha value is -1.46. The van der Waals surface area contributed by atoms with Crippen LogP contribution in [0.4, 0.5) is 9.59 Å². The molecule has 1 atom stereocenters. The molecule has 0 heterocycles. The third kappa shape index (κ3) is 38.4. The largest absolute Gasteiger partial charge is 0.465 e. The molecule has 6 heteroatoms. The molecule has 6 N–H and O–H groups in total. The third-order valence-corrected chi connectivity index (χ3v) is 2.52. The SMILES string of the molecule is CCCC(C)(C)CC(C)CC.NC(=O)O.NC(=O)O. The van der Waals surface area contributed by atoms with Gasteiger partial charge < -0.3 is 21.7 Å². The number of rotatable bonds is 5. The fourth-order valence-corrected chi connectivity index (χ4v) is 1.87. The van der Waals surface area contributed by atoms with Gasteiger partial charge in [-0.3, -0.25) is 0 Å². The van der Waals surface area contributed by atoms with Crippen molar-refractivity contribution in [3.05, 3.63) is 0 Å². The maximum atomic E-state index is 8.78. The van der Waals surface area contributed by atoms with Crippen LogP contribution in [0.3, 0.4) is 0 Å². The van der Waals surface area contributed by atoms with Crippen LogP contribution in [0.5, 0.6) is 0 Å². The van der Waals surface area contributed by atoms with E-state index in [4.69, 9.17) is 19.8 Å². The topological polar surface area (TPSA) is 127 Å². The zero-order valence-electron chi connectivity index (χ0n) is 12.8. The Morgan fingerprint density at radius 3 is 1.63 bits per heavy atom. The summed E-state index contributed by atoms with van der Waals surface area (Å²) in [6.07, 6.45) is 2.74. The smallest absolute Gasteiger partial charge is 0.402 e. The Kier molecular flexibility index (Phi) is 15.5. The van der Waals surface area contributed by atoms with Gasteiger partial charge in [0.15, 0.2) is 0 Å². The van der Waals surface area contributed by atoms with Crippen molar-refractivity contribution in [3.8, 4) is 0 Å². The molecule has 0 bridgehead atoms. The van der Waals surface area contributed by atoms with Gasteiger partial charge in [-0.05, 0) is 24.2 Å². The second-order valence-electron chi connectivity index (χ2n) is 5.31. The van der Waals surface area contributed by atoms with E-state index in [0.29, 0.717) is 5.41 Å². The van der Waals surface area contributed by atoms with E-state index in [1.807, 2.05) is 0 Å². The van der Waals surface area contributed by atoms with Gasteiger partial charge in [-0.15, -0.1) is 0 Å². The zero-order chi connectivity index (χ0) is 16.1. The summed E-state index contributed by atoms with van der Waals surface area (Å²) in [5.41, 5.74) is 8.63. The van der Waals surface area contributed by atoms with Crippen LogP contribution >= 0.6 is 0 Å². The summed E-state index contributed by atoms with van der Waals surface area (Å²) in [6.45, 7) is 11.7. The number of hydrogen-bond donors (Lipinski definition) is 4. The minimum absolute atomic E-state index is 0.574. The molecule has 0 rings (SSSR count). The Labute approximate surface area is 116 Å². The minimum atomic E-state index is -1.33. The average molecular weight is 278 g/mol. The molecule has 0 aromatic carbocycles. The molecule has 0 fully saturated rings. The fourth-order valence-electron chi connectivity index (χ4n) is 1.87. The number of carboxylic acid groups (broad SMARTS) is 2. The number of amides is 2. The highest BCUT2D eigenvalue weighted by molar-refractivity contribution is 5.61. The van der Waals surface area contributed by atoms with Crippen LogP contribution in [0.2, 0.25) is 0 Å². The van der Waals surface area contributed by atoms with Crippen LogP contribution in [0.1, 0.15) is 60.3 Å². The highest BCUT2D eigenvalue weighted by Crippen LogP contribution is 2.31. The monoisotopic (exact) mass is 278 g/mol. The van der Waals surface area contributed by atoms with Gasteiger partial charge in [-0.1, -0.05) is 47.5 Å². The lowest BCUT2D eigenvalue weighted by Gasteiger charge is -2.27. The summed E-state index contributed by atoms with van der Waals surface area (Å²) in [7, 11) is 0. The van der Waals surface area contributed by atoms with Gasteiger partial charge in [-0.2, -0.15) is 0 Å². The first-order valence-electron chi connectivity index (χ1n) is 6.45. The Morgan fingerprint density at radius 1 is 1.11 bits per heavy atom. The molecule has 6 nitrogen and oxygen atoms in total. The van der Waals surface area contributed by atoms with E-state index in [2.05, 4.69) is 46.1 Å². The molecule has 0 saturated carbocycles. The molecule has 2 amide bonds. The molecule has 0 aliphatic rings. The summed E-state index contributed by atoms with van der Waals surface area (Å²) in [6, 6.07) is 0. The van der Waals surface area contributed by atoms with E-state index in [0.717, 1.165) is 5.92 Å². The van der Waals surface area contributed by atoms with E-state index >= 15 is 0 Å². The summed E-state index contributed by atoms with van der Waals surface area (Å²) in [5, 5.41) is 14.4. The average Bonchev–Trinajstić information content (AvgIpc) is 2.14. The molecule has 0 aliphatic carbocycles. The predicted octanol–water partition coefficient (Wildman–Crippen LogP) is 3.50. The predicted molar refractivity (Wildman–Crippen MR) is 77.2 cm³/mol. The van der Waals surface area contributed by atoms with Crippen LogP contribution < -0.4 is 11.5 Å². The first kappa shape index (κ1) is 22.7. The molecule has 0 spiro atoms. The van der Waals surface area contributed by atoms with Crippen molar-refractivity contribution in [2.24, 2.45) is 22.8 Å². The normalized spacial score (nSPS) is 11.2. The van der Waals surface area contributed by atoms with Gasteiger partial charge >= 0.3 is 12.2 Å². The second-order valence-corrected chi connectivity index (χ2v) is 5.31. The summed E-state index contributed by atoms with van der Waals surface area (Å²) >= 11 is 0. The lowest BCUT2D eigenvalue weighted by molar-refractivity contribution is 0.204. The van der Waals surface area contributed by atoms with E-state index in [1.165, 1.54) is 25.7 Å². The number of nitrogens with two attached hydrogens (primary N) is 2. The quantitative estimate of drug-likeness (QED) is 0.613. The van der Waals surface area contributed by atoms with Gasteiger partial charge in [0.2, 0.25) is 0 Å². The zero-order valence-corrected chi connectivity index (χ0v) is 12.8. The fraction of sp³-hybridized carbons (Fsp3) is 0.846. The van der Waals surface area contributed by atoms with Crippen molar-refractivity contribution in [1.82, 2.24) is 0 Å². The molecule has 1 unspecified atom stereocenters. The molecule has 0 aliphatic heterocycles. The van der Waals surface area contributed by atoms with Gasteiger partial charge in [-0.25, -0.2) is 9.59 Å². The Morgan fingerprint density at radius 2 is 1.42 bits per heavy atom. The van der Waals surface area contributed by atoms with Crippen molar-refractivity contribution >= 4 is 12.2 Å². The van der Waals surface area contributed by atoms with E-state index in [9.17, 15) is 0 Å². The van der Waals surface area contributed by atoms with Crippen LogP contribution in [0.15, 0.2) is 0 Å². The van der Waals surface area contributed by atoms with Gasteiger partial charge in [0.1, 0.15) is 0 Å². The highest BCUT2D eigenvalue weighted by Gasteiger charge is 2.18. The molecule has 116 valence electrons. The van der Waals surface area contributed by atoms with E-state index < -0.39 is 12.2 Å². The summed E-state index contributed by atoms with van der Waals surface area (Å²) in [4.78, 5) is 17.6. The molecule has 0 aromatic rings. The second kappa shape index (κ2) is 13.0. The number of hydrogen-bond acceptors (Lipinski definition) is 2.